The third kappa shape index (κ3) is 5.14. The van der Waals surface area contributed by atoms with E-state index in [2.05, 4.69) is 10.2 Å². The number of nitrogens with zero attached hydrogens (tertiary/aromatic N) is 4. The highest BCUT2D eigenvalue weighted by molar-refractivity contribution is 7.99. The highest BCUT2D eigenvalue weighted by atomic mass is 35.5. The molecule has 26 heavy (non-hydrogen) atoms. The molecule has 0 unspecified atom stereocenters. The molecule has 0 atom stereocenters. The Morgan fingerprint density at radius 3 is 2.50 bits per heavy atom. The molecule has 0 aliphatic carbocycles. The second-order valence-corrected chi connectivity index (χ2v) is 7.80. The number of aromatic nitrogens is 3. The molecule has 1 aromatic carbocycles. The van der Waals surface area contributed by atoms with Crippen molar-refractivity contribution in [1.82, 2.24) is 19.7 Å². The first kappa shape index (κ1) is 20.6. The number of carbonyl (C=O) groups excluding carboxylic acids is 1. The Morgan fingerprint density at radius 1 is 1.23 bits per heavy atom. The van der Waals surface area contributed by atoms with Gasteiger partial charge in [-0.3, -0.25) is 4.79 Å². The summed E-state index contributed by atoms with van der Waals surface area (Å²) in [5, 5.41) is 9.55. The zero-order valence-electron chi connectivity index (χ0n) is 15.8. The summed E-state index contributed by atoms with van der Waals surface area (Å²) >= 11 is 7.47. The van der Waals surface area contributed by atoms with Gasteiger partial charge in [-0.15, -0.1) is 10.2 Å². The maximum absolute atomic E-state index is 12.5. The molecule has 0 bridgehead atoms. The molecule has 2 rings (SSSR count). The average Bonchev–Trinajstić information content (AvgIpc) is 2.91. The Balaban J connectivity index is 1.96. The van der Waals surface area contributed by atoms with Gasteiger partial charge >= 0.3 is 0 Å². The fraction of sp³-hybridized carbons (Fsp3) is 0.500. The Kier molecular flexibility index (Phi) is 7.34. The van der Waals surface area contributed by atoms with E-state index >= 15 is 0 Å². The first-order valence-electron chi connectivity index (χ1n) is 8.50. The number of carbonyl (C=O) groups is 1. The number of benzene rings is 1. The van der Waals surface area contributed by atoms with Crippen LogP contribution < -0.4 is 4.74 Å². The topological polar surface area (TPSA) is 60.3 Å². The van der Waals surface area contributed by atoms with Crippen molar-refractivity contribution in [2.24, 2.45) is 7.05 Å². The van der Waals surface area contributed by atoms with E-state index in [9.17, 15) is 4.79 Å². The zero-order valence-corrected chi connectivity index (χ0v) is 17.3. The average molecular weight is 397 g/mol. The van der Waals surface area contributed by atoms with E-state index in [4.69, 9.17) is 16.3 Å². The molecular formula is C18H25ClN4O2S. The summed E-state index contributed by atoms with van der Waals surface area (Å²) in [4.78, 5) is 14.4. The summed E-state index contributed by atoms with van der Waals surface area (Å²) in [6, 6.07) is 7.63. The SMILES string of the molecule is CC(C)N(C(=O)CSc1nnc(COc2ccccc2Cl)n1C)C(C)C. The van der Waals surface area contributed by atoms with Crippen LogP contribution in [0, 0.1) is 0 Å². The highest BCUT2D eigenvalue weighted by Gasteiger charge is 2.21. The van der Waals surface area contributed by atoms with E-state index in [1.165, 1.54) is 11.8 Å². The molecule has 1 heterocycles. The predicted molar refractivity (Wildman–Crippen MR) is 105 cm³/mol. The van der Waals surface area contributed by atoms with Crippen LogP contribution in [0.15, 0.2) is 29.4 Å². The van der Waals surface area contributed by atoms with Crippen molar-refractivity contribution < 1.29 is 9.53 Å². The molecular weight excluding hydrogens is 372 g/mol. The summed E-state index contributed by atoms with van der Waals surface area (Å²) in [5.41, 5.74) is 0. The van der Waals surface area contributed by atoms with E-state index < -0.39 is 0 Å². The number of hydrogen-bond acceptors (Lipinski definition) is 5. The number of halogens is 1. The number of ether oxygens (including phenoxy) is 1. The highest BCUT2D eigenvalue weighted by Crippen LogP contribution is 2.24. The second-order valence-electron chi connectivity index (χ2n) is 6.45. The molecule has 1 aromatic heterocycles. The lowest BCUT2D eigenvalue weighted by atomic mass is 10.2. The maximum atomic E-state index is 12.5. The standard InChI is InChI=1S/C18H25ClN4O2S/c1-12(2)23(13(3)4)17(24)11-26-18-21-20-16(22(18)5)10-25-15-9-7-6-8-14(15)19/h6-9,12-13H,10-11H2,1-5H3. The van der Waals surface area contributed by atoms with Gasteiger partial charge in [0.2, 0.25) is 5.91 Å². The molecule has 2 aromatic rings. The molecule has 6 nitrogen and oxygen atoms in total. The summed E-state index contributed by atoms with van der Waals surface area (Å²) in [5.74, 6) is 1.70. The molecule has 8 heteroatoms. The molecule has 0 saturated heterocycles. The number of para-hydroxylation sites is 1. The second kappa shape index (κ2) is 9.28. The lowest BCUT2D eigenvalue weighted by molar-refractivity contribution is -0.131. The molecule has 142 valence electrons. The lowest BCUT2D eigenvalue weighted by Gasteiger charge is -2.30. The Hall–Kier alpha value is -1.73. The summed E-state index contributed by atoms with van der Waals surface area (Å²) in [7, 11) is 1.86. The fourth-order valence-corrected chi connectivity index (χ4v) is 3.66. The molecule has 0 radical (unpaired) electrons. The van der Waals surface area contributed by atoms with Crippen molar-refractivity contribution in [3.8, 4) is 5.75 Å². The van der Waals surface area contributed by atoms with E-state index in [0.717, 1.165) is 0 Å². The lowest BCUT2D eigenvalue weighted by Crippen LogP contribution is -2.43. The van der Waals surface area contributed by atoms with Gasteiger partial charge in [0, 0.05) is 19.1 Å². The Morgan fingerprint density at radius 2 is 1.88 bits per heavy atom. The van der Waals surface area contributed by atoms with E-state index in [0.29, 0.717) is 27.5 Å². The molecule has 0 aliphatic heterocycles. The van der Waals surface area contributed by atoms with E-state index in [-0.39, 0.29) is 24.6 Å². The third-order valence-electron chi connectivity index (χ3n) is 3.84. The van der Waals surface area contributed by atoms with Crippen molar-refractivity contribution in [2.45, 2.75) is 51.5 Å². The summed E-state index contributed by atoms with van der Waals surface area (Å²) in [6.07, 6.45) is 0. The molecule has 0 saturated carbocycles. The van der Waals surface area contributed by atoms with Crippen molar-refractivity contribution in [1.29, 1.82) is 0 Å². The first-order chi connectivity index (χ1) is 12.3. The minimum absolute atomic E-state index is 0.0943. The monoisotopic (exact) mass is 396 g/mol. The van der Waals surface area contributed by atoms with Crippen LogP contribution >= 0.6 is 23.4 Å². The Bertz CT molecular complexity index is 741. The molecule has 0 aliphatic rings. The van der Waals surface area contributed by atoms with Crippen molar-refractivity contribution in [3.63, 3.8) is 0 Å². The van der Waals surface area contributed by atoms with Crippen molar-refractivity contribution in [2.75, 3.05) is 5.75 Å². The minimum atomic E-state index is 0.0943. The minimum Gasteiger partial charge on any atom is -0.484 e. The van der Waals surface area contributed by atoms with Crippen LogP contribution in [0.5, 0.6) is 5.75 Å². The number of rotatable bonds is 8. The largest absolute Gasteiger partial charge is 0.484 e. The van der Waals surface area contributed by atoms with Gasteiger partial charge in [0.05, 0.1) is 10.8 Å². The smallest absolute Gasteiger partial charge is 0.233 e. The van der Waals surface area contributed by atoms with Gasteiger partial charge in [-0.2, -0.15) is 0 Å². The summed E-state index contributed by atoms with van der Waals surface area (Å²) < 4.78 is 7.54. The van der Waals surface area contributed by atoms with Crippen LogP contribution in [-0.4, -0.2) is 43.4 Å². The molecule has 0 N–H and O–H groups in total. The van der Waals surface area contributed by atoms with Gasteiger partial charge < -0.3 is 14.2 Å². The van der Waals surface area contributed by atoms with Gasteiger partial charge in [0.25, 0.3) is 0 Å². The third-order valence-corrected chi connectivity index (χ3v) is 5.16. The summed E-state index contributed by atoms with van der Waals surface area (Å²) in [6.45, 7) is 8.35. The van der Waals surface area contributed by atoms with Crippen LogP contribution in [0.1, 0.15) is 33.5 Å². The van der Waals surface area contributed by atoms with Gasteiger partial charge in [0.15, 0.2) is 11.0 Å². The van der Waals surface area contributed by atoms with Crippen molar-refractivity contribution >= 4 is 29.3 Å². The van der Waals surface area contributed by atoms with Gasteiger partial charge in [-0.1, -0.05) is 35.5 Å². The van der Waals surface area contributed by atoms with Gasteiger partial charge in [-0.25, -0.2) is 0 Å². The first-order valence-corrected chi connectivity index (χ1v) is 9.87. The van der Waals surface area contributed by atoms with E-state index in [1.54, 1.807) is 12.1 Å². The maximum Gasteiger partial charge on any atom is 0.233 e. The fourth-order valence-electron chi connectivity index (χ4n) is 2.67. The van der Waals surface area contributed by atoms with Crippen LogP contribution in [0.25, 0.3) is 0 Å². The van der Waals surface area contributed by atoms with Gasteiger partial charge in [-0.05, 0) is 39.8 Å². The zero-order chi connectivity index (χ0) is 19.3. The normalized spacial score (nSPS) is 11.2. The molecule has 0 fully saturated rings. The molecule has 0 spiro atoms. The van der Waals surface area contributed by atoms with Gasteiger partial charge in [0.1, 0.15) is 12.4 Å². The van der Waals surface area contributed by atoms with Crippen LogP contribution in [-0.2, 0) is 18.4 Å². The molecule has 1 amide bonds. The van der Waals surface area contributed by atoms with E-state index in [1.807, 2.05) is 56.3 Å². The quantitative estimate of drug-likeness (QED) is 0.635. The van der Waals surface area contributed by atoms with Crippen LogP contribution in [0.2, 0.25) is 5.02 Å². The number of amides is 1. The predicted octanol–water partition coefficient (Wildman–Crippen LogP) is 3.79. The van der Waals surface area contributed by atoms with Crippen LogP contribution in [0.4, 0.5) is 0 Å². The van der Waals surface area contributed by atoms with Crippen molar-refractivity contribution in [3.05, 3.63) is 35.1 Å². The Labute approximate surface area is 163 Å². The number of hydrogen-bond donors (Lipinski definition) is 0. The van der Waals surface area contributed by atoms with Crippen LogP contribution in [0.3, 0.4) is 0 Å². The number of thioether (sulfide) groups is 1.